The van der Waals surface area contributed by atoms with Gasteiger partial charge in [-0.2, -0.15) is 0 Å². The summed E-state index contributed by atoms with van der Waals surface area (Å²) in [7, 11) is 0. The maximum absolute atomic E-state index is 11.5. The third-order valence-electron chi connectivity index (χ3n) is 2.76. The van der Waals surface area contributed by atoms with Gasteiger partial charge in [-0.1, -0.05) is 6.07 Å². The Morgan fingerprint density at radius 3 is 2.52 bits per heavy atom. The van der Waals surface area contributed by atoms with Gasteiger partial charge in [-0.15, -0.1) is 0 Å². The fraction of sp³-hybridized carbons (Fsp3) is 0.188. The van der Waals surface area contributed by atoms with Gasteiger partial charge in [-0.05, 0) is 64.8 Å². The van der Waals surface area contributed by atoms with Crippen molar-refractivity contribution in [3.63, 3.8) is 0 Å². The Kier molecular flexibility index (Phi) is 5.22. The molecule has 0 unspecified atom stereocenters. The van der Waals surface area contributed by atoms with Crippen LogP contribution in [0.5, 0.6) is 11.5 Å². The lowest BCUT2D eigenvalue weighted by Gasteiger charge is -2.09. The molecule has 0 saturated heterocycles. The highest BCUT2D eigenvalue weighted by atomic mass is 79.9. The summed E-state index contributed by atoms with van der Waals surface area (Å²) in [5.74, 6) is 1.13. The molecule has 21 heavy (non-hydrogen) atoms. The van der Waals surface area contributed by atoms with E-state index >= 15 is 0 Å². The van der Waals surface area contributed by atoms with Crippen molar-refractivity contribution in [1.82, 2.24) is 0 Å². The van der Waals surface area contributed by atoms with Crippen LogP contribution >= 0.6 is 15.9 Å². The molecule has 0 radical (unpaired) electrons. The topological polar surface area (TPSA) is 61.5 Å². The number of carbonyl (C=O) groups is 1. The van der Waals surface area contributed by atoms with Gasteiger partial charge in [0.05, 0.1) is 17.5 Å². The Labute approximate surface area is 132 Å². The van der Waals surface area contributed by atoms with Crippen molar-refractivity contribution in [2.45, 2.75) is 13.3 Å². The number of ether oxygens (including phenoxy) is 2. The first-order valence-electron chi connectivity index (χ1n) is 6.56. The number of esters is 1. The zero-order chi connectivity index (χ0) is 15.2. The molecule has 5 heteroatoms. The highest BCUT2D eigenvalue weighted by molar-refractivity contribution is 9.10. The normalized spacial score (nSPS) is 10.2. The van der Waals surface area contributed by atoms with Gasteiger partial charge in [0.2, 0.25) is 0 Å². The Morgan fingerprint density at radius 1 is 1.19 bits per heavy atom. The minimum atomic E-state index is -0.239. The maximum atomic E-state index is 11.5. The average Bonchev–Trinajstić information content (AvgIpc) is 2.44. The molecule has 2 rings (SSSR count). The monoisotopic (exact) mass is 349 g/mol. The van der Waals surface area contributed by atoms with Crippen molar-refractivity contribution < 1.29 is 14.3 Å². The minimum Gasteiger partial charge on any atom is -0.466 e. The summed E-state index contributed by atoms with van der Waals surface area (Å²) in [4.78, 5) is 11.5. The fourth-order valence-corrected chi connectivity index (χ4v) is 2.29. The summed E-state index contributed by atoms with van der Waals surface area (Å²) in [5, 5.41) is 0. The number of nitrogens with two attached hydrogens (primary N) is 1. The largest absolute Gasteiger partial charge is 0.466 e. The molecular formula is C16H16BrNO3. The van der Waals surface area contributed by atoms with E-state index in [4.69, 9.17) is 15.2 Å². The van der Waals surface area contributed by atoms with Gasteiger partial charge >= 0.3 is 5.97 Å². The molecule has 2 aromatic carbocycles. The second-order valence-corrected chi connectivity index (χ2v) is 5.27. The van der Waals surface area contributed by atoms with Gasteiger partial charge in [0.25, 0.3) is 0 Å². The Hall–Kier alpha value is -2.01. The van der Waals surface area contributed by atoms with Crippen LogP contribution in [0.1, 0.15) is 12.5 Å². The summed E-state index contributed by atoms with van der Waals surface area (Å²) < 4.78 is 11.5. The molecule has 4 nitrogen and oxygen atoms in total. The second-order valence-electron chi connectivity index (χ2n) is 4.42. The summed E-state index contributed by atoms with van der Waals surface area (Å²) in [6.45, 7) is 2.18. The van der Waals surface area contributed by atoms with Crippen LogP contribution in [0.2, 0.25) is 0 Å². The van der Waals surface area contributed by atoms with Crippen molar-refractivity contribution >= 4 is 27.6 Å². The fourth-order valence-electron chi connectivity index (χ4n) is 1.78. The van der Waals surface area contributed by atoms with Crippen LogP contribution in [0.15, 0.2) is 46.9 Å². The van der Waals surface area contributed by atoms with Crippen molar-refractivity contribution in [2.24, 2.45) is 0 Å². The van der Waals surface area contributed by atoms with Gasteiger partial charge in [-0.25, -0.2) is 0 Å². The van der Waals surface area contributed by atoms with E-state index < -0.39 is 0 Å². The van der Waals surface area contributed by atoms with Crippen LogP contribution in [-0.4, -0.2) is 12.6 Å². The predicted octanol–water partition coefficient (Wildman–Crippen LogP) is 3.93. The van der Waals surface area contributed by atoms with Crippen LogP contribution in [0.25, 0.3) is 0 Å². The molecule has 0 amide bonds. The standard InChI is InChI=1S/C16H16BrNO3/c1-2-20-16(19)10-11-3-8-15(14(17)9-11)21-13-6-4-12(18)5-7-13/h3-9H,2,10,18H2,1H3. The lowest BCUT2D eigenvalue weighted by Crippen LogP contribution is -2.07. The van der Waals surface area contributed by atoms with Crippen LogP contribution < -0.4 is 10.5 Å². The van der Waals surface area contributed by atoms with Gasteiger partial charge in [0, 0.05) is 5.69 Å². The highest BCUT2D eigenvalue weighted by Crippen LogP contribution is 2.31. The third-order valence-corrected chi connectivity index (χ3v) is 3.38. The smallest absolute Gasteiger partial charge is 0.310 e. The number of hydrogen-bond acceptors (Lipinski definition) is 4. The molecule has 110 valence electrons. The zero-order valence-corrected chi connectivity index (χ0v) is 13.2. The number of hydrogen-bond donors (Lipinski definition) is 1. The van der Waals surface area contributed by atoms with Gasteiger partial charge in [0.15, 0.2) is 0 Å². The van der Waals surface area contributed by atoms with Gasteiger partial charge in [0.1, 0.15) is 11.5 Å². The van der Waals surface area contributed by atoms with E-state index in [9.17, 15) is 4.79 Å². The molecule has 0 spiro atoms. The first-order valence-corrected chi connectivity index (χ1v) is 7.35. The quantitative estimate of drug-likeness (QED) is 0.656. The molecule has 0 heterocycles. The van der Waals surface area contributed by atoms with Crippen molar-refractivity contribution in [2.75, 3.05) is 12.3 Å². The SMILES string of the molecule is CCOC(=O)Cc1ccc(Oc2ccc(N)cc2)c(Br)c1. The molecule has 0 aliphatic rings. The van der Waals surface area contributed by atoms with Crippen LogP contribution in [0.4, 0.5) is 5.69 Å². The number of benzene rings is 2. The first-order chi connectivity index (χ1) is 10.1. The van der Waals surface area contributed by atoms with E-state index in [-0.39, 0.29) is 12.4 Å². The summed E-state index contributed by atoms with van der Waals surface area (Å²) in [5.41, 5.74) is 7.18. The number of nitrogen functional groups attached to an aromatic ring is 1. The summed E-state index contributed by atoms with van der Waals surface area (Å²) >= 11 is 3.45. The maximum Gasteiger partial charge on any atom is 0.310 e. The second kappa shape index (κ2) is 7.13. The molecule has 2 aromatic rings. The molecule has 0 atom stereocenters. The van der Waals surface area contributed by atoms with Gasteiger partial charge in [-0.3, -0.25) is 4.79 Å². The Morgan fingerprint density at radius 2 is 1.90 bits per heavy atom. The predicted molar refractivity (Wildman–Crippen MR) is 85.4 cm³/mol. The van der Waals surface area contributed by atoms with Crippen LogP contribution in [0.3, 0.4) is 0 Å². The Balaban J connectivity index is 2.08. The zero-order valence-electron chi connectivity index (χ0n) is 11.6. The molecule has 0 aliphatic heterocycles. The lowest BCUT2D eigenvalue weighted by atomic mass is 10.1. The molecule has 0 fully saturated rings. The Bertz CT molecular complexity index is 626. The van der Waals surface area contributed by atoms with Crippen LogP contribution in [0, 0.1) is 0 Å². The number of carbonyl (C=O) groups excluding carboxylic acids is 1. The minimum absolute atomic E-state index is 0.239. The number of halogens is 1. The van der Waals surface area contributed by atoms with E-state index in [1.807, 2.05) is 18.2 Å². The van der Waals surface area contributed by atoms with Crippen LogP contribution in [-0.2, 0) is 16.0 Å². The van der Waals surface area contributed by atoms with Gasteiger partial charge < -0.3 is 15.2 Å². The molecule has 0 saturated carbocycles. The summed E-state index contributed by atoms with van der Waals surface area (Å²) in [6.07, 6.45) is 0.245. The molecule has 0 bridgehead atoms. The van der Waals surface area contributed by atoms with E-state index in [1.54, 1.807) is 31.2 Å². The molecule has 0 aromatic heterocycles. The molecule has 2 N–H and O–H groups in total. The average molecular weight is 350 g/mol. The van der Waals surface area contributed by atoms with E-state index in [2.05, 4.69) is 15.9 Å². The number of rotatable bonds is 5. The summed E-state index contributed by atoms with van der Waals surface area (Å²) in [6, 6.07) is 12.7. The van der Waals surface area contributed by atoms with Crippen molar-refractivity contribution in [3.05, 3.63) is 52.5 Å². The molecular weight excluding hydrogens is 334 g/mol. The van der Waals surface area contributed by atoms with Crippen molar-refractivity contribution in [3.8, 4) is 11.5 Å². The lowest BCUT2D eigenvalue weighted by molar-refractivity contribution is -0.142. The molecule has 0 aliphatic carbocycles. The van der Waals surface area contributed by atoms with E-state index in [0.29, 0.717) is 23.8 Å². The third kappa shape index (κ3) is 4.49. The number of anilines is 1. The van der Waals surface area contributed by atoms with Crippen molar-refractivity contribution in [1.29, 1.82) is 0 Å². The van der Waals surface area contributed by atoms with E-state index in [1.165, 1.54) is 0 Å². The highest BCUT2D eigenvalue weighted by Gasteiger charge is 2.08. The first kappa shape index (κ1) is 15.4. The van der Waals surface area contributed by atoms with E-state index in [0.717, 1.165) is 10.0 Å².